The first-order valence-corrected chi connectivity index (χ1v) is 31.6. The third-order valence-electron chi connectivity index (χ3n) is 16.9. The predicted molar refractivity (Wildman–Crippen MR) is 331 cm³/mol. The number of aryl methyl sites for hydroxylation is 2. The van der Waals surface area contributed by atoms with Crippen LogP contribution in [-0.4, -0.2) is 163 Å². The zero-order valence-electron chi connectivity index (χ0n) is 54.8. The quantitative estimate of drug-likeness (QED) is 0.0673. The third kappa shape index (κ3) is 17.9. The summed E-state index contributed by atoms with van der Waals surface area (Å²) in [5.41, 5.74) is 7.46. The van der Waals surface area contributed by atoms with Crippen LogP contribution in [0.5, 0.6) is 0 Å². The van der Waals surface area contributed by atoms with Crippen molar-refractivity contribution in [1.29, 1.82) is 0 Å². The minimum atomic E-state index is -1.53. The van der Waals surface area contributed by atoms with Crippen LogP contribution >= 0.6 is 0 Å². The average molecular weight is 1220 g/mol. The molecule has 2 aromatic heterocycles. The zero-order valence-corrected chi connectivity index (χ0v) is 54.8. The van der Waals surface area contributed by atoms with Gasteiger partial charge >= 0.3 is 23.9 Å². The van der Waals surface area contributed by atoms with E-state index in [4.69, 9.17) is 29.1 Å². The fourth-order valence-electron chi connectivity index (χ4n) is 11.6. The number of nitrogens with zero attached hydrogens (tertiary/aromatic N) is 8. The maximum absolute atomic E-state index is 15.1. The number of likely N-dealkylation sites (N-methyl/N-ethyl adjacent to an activating group) is 4. The molecule has 1 saturated heterocycles. The second-order valence-electron chi connectivity index (χ2n) is 26.7. The Hall–Kier alpha value is -7.38. The van der Waals surface area contributed by atoms with Gasteiger partial charge in [-0.3, -0.25) is 28.5 Å². The van der Waals surface area contributed by atoms with Gasteiger partial charge in [0, 0.05) is 64.3 Å². The molecule has 20 heteroatoms. The highest BCUT2D eigenvalue weighted by Gasteiger charge is 2.43. The van der Waals surface area contributed by atoms with Gasteiger partial charge < -0.3 is 38.5 Å². The Kier molecular flexibility index (Phi) is 23.0. The highest BCUT2D eigenvalue weighted by molar-refractivity contribution is 5.94. The molecule has 1 aliphatic heterocycles. The lowest BCUT2D eigenvalue weighted by Crippen LogP contribution is -2.55. The Bertz CT molecular complexity index is 2880. The van der Waals surface area contributed by atoms with E-state index in [9.17, 15) is 28.8 Å². The highest BCUT2D eigenvalue weighted by atomic mass is 16.6. The van der Waals surface area contributed by atoms with Crippen molar-refractivity contribution in [3.8, 4) is 0 Å². The van der Waals surface area contributed by atoms with Crippen LogP contribution in [-0.2, 0) is 83.2 Å². The van der Waals surface area contributed by atoms with Crippen molar-refractivity contribution in [3.05, 3.63) is 106 Å². The van der Waals surface area contributed by atoms with Crippen molar-refractivity contribution in [2.24, 2.45) is 23.7 Å². The first-order valence-electron chi connectivity index (χ1n) is 31.6. The molecule has 0 bridgehead atoms. The van der Waals surface area contributed by atoms with E-state index in [1.807, 2.05) is 127 Å². The summed E-state index contributed by atoms with van der Waals surface area (Å²) in [6, 6.07) is 14.2. The molecular weight excluding hydrogens is 1120 g/mol. The fourth-order valence-corrected chi connectivity index (χ4v) is 11.6. The molecule has 0 N–H and O–H groups in total. The van der Waals surface area contributed by atoms with Crippen LogP contribution in [0.25, 0.3) is 0 Å². The number of hydrogen-bond donors (Lipinski definition) is 0. The van der Waals surface area contributed by atoms with E-state index in [2.05, 4.69) is 12.1 Å². The summed E-state index contributed by atoms with van der Waals surface area (Å²) >= 11 is 0. The van der Waals surface area contributed by atoms with Gasteiger partial charge in [0.2, 0.25) is 0 Å². The molecule has 8 atom stereocenters. The van der Waals surface area contributed by atoms with Crippen LogP contribution in [0, 0.1) is 37.5 Å². The number of benzene rings is 2. The maximum Gasteiger partial charge on any atom is 0.329 e. The summed E-state index contributed by atoms with van der Waals surface area (Å²) in [4.78, 5) is 123. The van der Waals surface area contributed by atoms with Gasteiger partial charge in [0.1, 0.15) is 24.2 Å². The van der Waals surface area contributed by atoms with Crippen molar-refractivity contribution < 1.29 is 57.3 Å². The maximum atomic E-state index is 15.1. The first kappa shape index (κ1) is 68.1. The molecule has 2 aliphatic carbocycles. The summed E-state index contributed by atoms with van der Waals surface area (Å²) in [6.45, 7) is 22.7. The molecule has 0 radical (unpaired) electrons. The van der Waals surface area contributed by atoms with Crippen LogP contribution in [0.15, 0.2) is 60.7 Å². The van der Waals surface area contributed by atoms with E-state index in [1.165, 1.54) is 63.2 Å². The number of cyclic esters (lactones) is 4. The number of hydrogen-bond acceptors (Lipinski definition) is 14. The smallest absolute Gasteiger partial charge is 0.329 e. The average Bonchev–Trinajstić information content (AvgIpc) is 4.24. The lowest BCUT2D eigenvalue weighted by molar-refractivity contribution is -0.176. The molecule has 88 heavy (non-hydrogen) atoms. The highest BCUT2D eigenvalue weighted by Crippen LogP contribution is 2.41. The number of ether oxygens (including phenoxy) is 4. The number of carbonyl (C=O) groups excluding carboxylic acids is 8. The monoisotopic (exact) mass is 1220 g/mol. The van der Waals surface area contributed by atoms with Crippen LogP contribution in [0.2, 0.25) is 0 Å². The normalized spacial score (nSPS) is 24.0. The van der Waals surface area contributed by atoms with Crippen molar-refractivity contribution in [3.63, 3.8) is 0 Å². The van der Waals surface area contributed by atoms with Crippen molar-refractivity contribution >= 4 is 47.5 Å². The standard InChI is InChI=1S/C68H96N8O12/c1-39(2)29-55-65(81)85-45(11)61(77)71(13)58(32-42(7)8)68(84)88-60(36-48-19-23-50(24-20-48)38-76-54(52-27-28-52)34-44(10)70-76)64(80)74(16)56(30-40(3)4)66(82)86-46(12)62(78)72(14)57(31-41(5)6)67(83)87-59(63(79)73(55)15)35-47-17-21-49(22-18-47)37-75-53(51-25-26-51)33-43(9)69-75/h17-24,33-34,39-42,45-46,51-52,55-60H,25-32,35-38H2,1-16H3/t45-,46-,55+,56+,57+,58+,59-,60-/m1/s1. The first-order chi connectivity index (χ1) is 41.5. The van der Waals surface area contributed by atoms with Gasteiger partial charge in [0.25, 0.3) is 23.6 Å². The van der Waals surface area contributed by atoms with Crippen molar-refractivity contribution in [1.82, 2.24) is 39.2 Å². The molecule has 2 aromatic carbocycles. The minimum absolute atomic E-state index is 0.0884. The van der Waals surface area contributed by atoms with E-state index in [0.717, 1.165) is 58.0 Å². The number of rotatable bonds is 18. The summed E-state index contributed by atoms with van der Waals surface area (Å²) < 4.78 is 28.5. The van der Waals surface area contributed by atoms with E-state index >= 15 is 9.59 Å². The molecule has 3 fully saturated rings. The molecule has 480 valence electrons. The molecule has 7 rings (SSSR count). The Morgan fingerprint density at radius 3 is 0.943 bits per heavy atom. The van der Waals surface area contributed by atoms with Gasteiger partial charge in [-0.15, -0.1) is 0 Å². The topological polar surface area (TPSA) is 222 Å². The van der Waals surface area contributed by atoms with Crippen LogP contribution in [0.4, 0.5) is 0 Å². The largest absolute Gasteiger partial charge is 0.451 e. The van der Waals surface area contributed by atoms with Crippen LogP contribution < -0.4 is 0 Å². The molecule has 2 saturated carbocycles. The molecule has 0 spiro atoms. The Balaban J connectivity index is 1.24. The summed E-state index contributed by atoms with van der Waals surface area (Å²) in [5.74, 6) is -6.36. The SMILES string of the molecule is Cc1cc(C2CC2)n(Cc2ccc(C[C@H]3OC(=O)[C@H](CC(C)C)N(C)C(=O)[C@@H](C)OC(=O)[C@H](CC(C)C)N(C)C(=O)[C@@H](Cc4ccc(Cn5nc(C)cc5C5CC5)cc4)OC(=O)[C@H](CC(C)C)N(C)C(=O)[C@@H](C)OC(=O)[C@H](CC(C)C)N(C)C3=O)cc2)n1. The molecule has 20 nitrogen and oxygen atoms in total. The second-order valence-corrected chi connectivity index (χ2v) is 26.7. The lowest BCUT2D eigenvalue weighted by Gasteiger charge is -2.35. The summed E-state index contributed by atoms with van der Waals surface area (Å²) in [7, 11) is 5.64. The number of aromatic nitrogens is 4. The van der Waals surface area contributed by atoms with E-state index in [-0.39, 0.29) is 62.2 Å². The van der Waals surface area contributed by atoms with E-state index < -0.39 is 96.1 Å². The Labute approximate surface area is 520 Å². The van der Waals surface area contributed by atoms with Gasteiger partial charge in [0.05, 0.1) is 24.5 Å². The summed E-state index contributed by atoms with van der Waals surface area (Å²) in [6.07, 6.45) is -1.43. The van der Waals surface area contributed by atoms with Gasteiger partial charge in [0.15, 0.2) is 24.4 Å². The van der Waals surface area contributed by atoms with E-state index in [1.54, 1.807) is 0 Å². The van der Waals surface area contributed by atoms with Crippen LogP contribution in [0.3, 0.4) is 0 Å². The van der Waals surface area contributed by atoms with Gasteiger partial charge in [-0.25, -0.2) is 19.2 Å². The van der Waals surface area contributed by atoms with Gasteiger partial charge in [-0.05, 0) is 137 Å². The Morgan fingerprint density at radius 2 is 0.670 bits per heavy atom. The minimum Gasteiger partial charge on any atom is -0.451 e. The number of amides is 4. The molecule has 3 heterocycles. The molecule has 3 aliphatic rings. The van der Waals surface area contributed by atoms with Crippen molar-refractivity contribution in [2.75, 3.05) is 28.2 Å². The number of esters is 4. The fraction of sp³-hybridized carbons (Fsp3) is 0.618. The summed E-state index contributed by atoms with van der Waals surface area (Å²) in [5, 5.41) is 9.48. The molecule has 0 unspecified atom stereocenters. The van der Waals surface area contributed by atoms with Gasteiger partial charge in [-0.2, -0.15) is 10.2 Å². The Morgan fingerprint density at radius 1 is 0.409 bits per heavy atom. The lowest BCUT2D eigenvalue weighted by atomic mass is 9.99. The zero-order chi connectivity index (χ0) is 64.6. The van der Waals surface area contributed by atoms with Crippen LogP contribution in [0.1, 0.15) is 177 Å². The third-order valence-corrected chi connectivity index (χ3v) is 16.9. The van der Waals surface area contributed by atoms with E-state index in [0.29, 0.717) is 36.1 Å². The van der Waals surface area contributed by atoms with Crippen molar-refractivity contribution in [2.45, 2.75) is 221 Å². The second kappa shape index (κ2) is 29.7. The molecular formula is C68H96N8O12. The predicted octanol–water partition coefficient (Wildman–Crippen LogP) is 8.53. The number of carbonyl (C=O) groups is 8. The molecule has 4 amide bonds. The van der Waals surface area contributed by atoms with Gasteiger partial charge in [-0.1, -0.05) is 104 Å². The molecule has 4 aromatic rings.